The van der Waals surface area contributed by atoms with E-state index in [0.717, 1.165) is 0 Å². The zero-order valence-corrected chi connectivity index (χ0v) is 12.6. The molecule has 1 unspecified atom stereocenters. The van der Waals surface area contributed by atoms with Gasteiger partial charge < -0.3 is 5.99 Å². The molecule has 0 aromatic carbocycles. The average Bonchev–Trinajstić information content (AvgIpc) is 2.52. The molecule has 8 heteroatoms. The van der Waals surface area contributed by atoms with Gasteiger partial charge in [-0.1, -0.05) is 13.3 Å². The molecule has 1 atom stereocenters. The maximum atomic E-state index is 8.74. The second-order valence-electron chi connectivity index (χ2n) is 3.10. The van der Waals surface area contributed by atoms with E-state index in [1.165, 1.54) is 12.8 Å². The van der Waals surface area contributed by atoms with Crippen LogP contribution in [0.15, 0.2) is 18.7 Å². The van der Waals surface area contributed by atoms with Crippen LogP contribution in [0.5, 0.6) is 0 Å². The normalized spacial score (nSPS) is 12.0. The summed E-state index contributed by atoms with van der Waals surface area (Å²) in [5.74, 6) is 0. The monoisotopic (exact) mass is 260 g/mol. The van der Waals surface area contributed by atoms with Gasteiger partial charge in [0.05, 0.1) is 6.33 Å². The fourth-order valence-electron chi connectivity index (χ4n) is 1.10. The molecule has 0 spiro atoms. The Labute approximate surface area is 119 Å². The number of aromatic nitrogens is 2. The Balaban J connectivity index is -0.000000247. The predicted molar refractivity (Wildman–Crippen MR) is 57.1 cm³/mol. The van der Waals surface area contributed by atoms with Gasteiger partial charge in [0, 0.05) is 18.4 Å². The molecular weight excluding hydrogens is 243 g/mol. The number of imidazole rings is 1. The summed E-state index contributed by atoms with van der Waals surface area (Å²) in [7, 11) is -4.67. The average molecular weight is 260 g/mol. The Hall–Kier alpha value is 0.0800. The molecule has 16 heavy (non-hydrogen) atoms. The zero-order chi connectivity index (χ0) is 11.9. The van der Waals surface area contributed by atoms with Crippen LogP contribution < -0.4 is 29.6 Å². The van der Waals surface area contributed by atoms with Crippen LogP contribution in [0, 0.1) is 0 Å². The predicted octanol–water partition coefficient (Wildman–Crippen LogP) is -1.29. The van der Waals surface area contributed by atoms with Gasteiger partial charge in [0.1, 0.15) is 0 Å². The van der Waals surface area contributed by atoms with Gasteiger partial charge in [0.15, 0.2) is 0 Å². The Morgan fingerprint density at radius 3 is 2.31 bits per heavy atom. The first-order valence-corrected chi connectivity index (χ1v) is 5.91. The first-order chi connectivity index (χ1) is 6.84. The minimum absolute atomic E-state index is 0. The molecule has 0 aliphatic rings. The Bertz CT molecular complexity index is 350. The van der Waals surface area contributed by atoms with E-state index in [2.05, 4.69) is 23.4 Å². The van der Waals surface area contributed by atoms with Crippen molar-refractivity contribution in [2.75, 3.05) is 0 Å². The molecule has 0 saturated carbocycles. The third kappa shape index (κ3) is 12.2. The smallest absolute Gasteiger partial charge is 1.00 e. The molecule has 1 rings (SSSR count). The quantitative estimate of drug-likeness (QED) is 0.521. The van der Waals surface area contributed by atoms with Crippen LogP contribution >= 0.6 is 0 Å². The molecule has 0 aliphatic carbocycles. The van der Waals surface area contributed by atoms with Gasteiger partial charge in [-0.15, -0.1) is 0 Å². The van der Waals surface area contributed by atoms with Gasteiger partial charge in [-0.3, -0.25) is 9.11 Å². The Kier molecular flexibility index (Phi) is 10.5. The summed E-state index contributed by atoms with van der Waals surface area (Å²) in [6.07, 6.45) is 8.18. The van der Waals surface area contributed by atoms with Crippen molar-refractivity contribution in [3.63, 3.8) is 0 Å². The zero-order valence-electron chi connectivity index (χ0n) is 10.7. The molecule has 1 heterocycles. The molecule has 0 fully saturated rings. The molecule has 1 aromatic heterocycles. The standard InChI is InChI=1S/C8H14N2.Na.H2O4S.H/c1-3-4-8(2)10-6-5-9-7-10;;1-5(2,3)4;/h5-8H,3-4H2,1-2H3;;(H2,1,2,3,4);/q;+1;;-1. The molecule has 6 nitrogen and oxygen atoms in total. The van der Waals surface area contributed by atoms with Crippen molar-refractivity contribution in [1.29, 1.82) is 0 Å². The van der Waals surface area contributed by atoms with Gasteiger partial charge in [-0.05, 0) is 13.3 Å². The summed E-state index contributed by atoms with van der Waals surface area (Å²) < 4.78 is 33.7. The molecule has 1 aromatic rings. The van der Waals surface area contributed by atoms with Crippen LogP contribution in [-0.4, -0.2) is 27.1 Å². The summed E-state index contributed by atoms with van der Waals surface area (Å²) in [6, 6.07) is 0.604. The van der Waals surface area contributed by atoms with Gasteiger partial charge in [-0.2, -0.15) is 8.42 Å². The van der Waals surface area contributed by atoms with Gasteiger partial charge >= 0.3 is 40.0 Å². The maximum absolute atomic E-state index is 8.74. The Morgan fingerprint density at radius 1 is 1.50 bits per heavy atom. The summed E-state index contributed by atoms with van der Waals surface area (Å²) >= 11 is 0. The van der Waals surface area contributed by atoms with Crippen molar-refractivity contribution in [3.8, 4) is 0 Å². The minimum Gasteiger partial charge on any atom is -1.00 e. The topological polar surface area (TPSA) is 92.4 Å². The number of nitrogens with zero attached hydrogens (tertiary/aromatic N) is 2. The van der Waals surface area contributed by atoms with Crippen LogP contribution in [0.3, 0.4) is 0 Å². The van der Waals surface area contributed by atoms with Crippen molar-refractivity contribution >= 4 is 10.4 Å². The first kappa shape index (κ1) is 18.4. The molecular formula is C8H17N2NaO4S. The van der Waals surface area contributed by atoms with E-state index in [9.17, 15) is 0 Å². The van der Waals surface area contributed by atoms with Crippen LogP contribution in [-0.2, 0) is 10.4 Å². The summed E-state index contributed by atoms with van der Waals surface area (Å²) in [5, 5.41) is 0. The van der Waals surface area contributed by atoms with E-state index in [4.69, 9.17) is 17.5 Å². The maximum Gasteiger partial charge on any atom is 1.00 e. The van der Waals surface area contributed by atoms with E-state index in [-0.39, 0.29) is 31.0 Å². The van der Waals surface area contributed by atoms with E-state index in [1.807, 2.05) is 18.7 Å². The second kappa shape index (κ2) is 9.15. The van der Waals surface area contributed by atoms with Crippen molar-refractivity contribution in [3.05, 3.63) is 18.7 Å². The summed E-state index contributed by atoms with van der Waals surface area (Å²) in [5.41, 5.74) is 0. The summed E-state index contributed by atoms with van der Waals surface area (Å²) in [4.78, 5) is 3.99. The van der Waals surface area contributed by atoms with Gasteiger partial charge in [-0.25, -0.2) is 4.98 Å². The van der Waals surface area contributed by atoms with Crippen LogP contribution in [0.25, 0.3) is 0 Å². The van der Waals surface area contributed by atoms with Crippen LogP contribution in [0.4, 0.5) is 0 Å². The molecule has 2 N–H and O–H groups in total. The summed E-state index contributed by atoms with van der Waals surface area (Å²) in [6.45, 7) is 4.42. The molecule has 0 aliphatic heterocycles. The SMILES string of the molecule is CCCC(C)n1ccnc1.O=S(=O)(O)O.[H-].[Na+]. The fraction of sp³-hybridized carbons (Fsp3) is 0.625. The third-order valence-electron chi connectivity index (χ3n) is 1.74. The second-order valence-corrected chi connectivity index (χ2v) is 3.99. The van der Waals surface area contributed by atoms with Gasteiger partial charge in [0.25, 0.3) is 0 Å². The van der Waals surface area contributed by atoms with Crippen molar-refractivity contribution < 1.29 is 48.5 Å². The van der Waals surface area contributed by atoms with Crippen molar-refractivity contribution in [1.82, 2.24) is 9.55 Å². The minimum atomic E-state index is -4.67. The van der Waals surface area contributed by atoms with Crippen molar-refractivity contribution in [2.45, 2.75) is 32.7 Å². The van der Waals surface area contributed by atoms with Crippen molar-refractivity contribution in [2.24, 2.45) is 0 Å². The largest absolute Gasteiger partial charge is 1.00 e. The van der Waals surface area contributed by atoms with Crippen LogP contribution in [0.1, 0.15) is 34.2 Å². The van der Waals surface area contributed by atoms with E-state index in [1.54, 1.807) is 0 Å². The fourth-order valence-corrected chi connectivity index (χ4v) is 1.10. The van der Waals surface area contributed by atoms with E-state index >= 15 is 0 Å². The van der Waals surface area contributed by atoms with Gasteiger partial charge in [0.2, 0.25) is 0 Å². The Morgan fingerprint density at radius 2 is 2.00 bits per heavy atom. The molecule has 0 radical (unpaired) electrons. The number of rotatable bonds is 3. The molecule has 0 bridgehead atoms. The molecule has 0 saturated heterocycles. The third-order valence-corrected chi connectivity index (χ3v) is 1.74. The number of hydrogen-bond acceptors (Lipinski definition) is 3. The first-order valence-electron chi connectivity index (χ1n) is 4.52. The molecule has 0 amide bonds. The van der Waals surface area contributed by atoms with E-state index in [0.29, 0.717) is 6.04 Å². The van der Waals surface area contributed by atoms with E-state index < -0.39 is 10.4 Å². The number of hydrogen-bond donors (Lipinski definition) is 2. The molecule has 90 valence electrons. The van der Waals surface area contributed by atoms with Crippen LogP contribution in [0.2, 0.25) is 0 Å².